The van der Waals surface area contributed by atoms with Crippen molar-refractivity contribution in [2.24, 2.45) is 0 Å². The summed E-state index contributed by atoms with van der Waals surface area (Å²) in [7, 11) is 0. The SMILES string of the molecule is CCN(CC)C(=O)Oc1ccc2c(ccn2Cc2cc(C)cc(C)c2)c1NC(=O)[C@H]1COc2ccccc2O1. The van der Waals surface area contributed by atoms with Gasteiger partial charge in [-0.2, -0.15) is 0 Å². The van der Waals surface area contributed by atoms with Crippen LogP contribution in [-0.2, 0) is 11.3 Å². The van der Waals surface area contributed by atoms with Crippen molar-refractivity contribution < 1.29 is 23.8 Å². The molecule has 0 radical (unpaired) electrons. The lowest BCUT2D eigenvalue weighted by Crippen LogP contribution is -2.40. The fourth-order valence-electron chi connectivity index (χ4n) is 4.95. The van der Waals surface area contributed by atoms with Gasteiger partial charge >= 0.3 is 6.09 Å². The third-order valence-corrected chi connectivity index (χ3v) is 6.82. The van der Waals surface area contributed by atoms with Gasteiger partial charge in [0.1, 0.15) is 6.61 Å². The summed E-state index contributed by atoms with van der Waals surface area (Å²) in [5.41, 5.74) is 4.91. The van der Waals surface area contributed by atoms with E-state index in [1.807, 2.05) is 44.3 Å². The zero-order chi connectivity index (χ0) is 27.5. The van der Waals surface area contributed by atoms with Crippen LogP contribution < -0.4 is 19.5 Å². The highest BCUT2D eigenvalue weighted by Crippen LogP contribution is 2.36. The number of fused-ring (bicyclic) bond motifs is 2. The van der Waals surface area contributed by atoms with E-state index >= 15 is 0 Å². The van der Waals surface area contributed by atoms with Gasteiger partial charge in [0.2, 0.25) is 6.10 Å². The molecule has 0 spiro atoms. The molecule has 0 unspecified atom stereocenters. The molecule has 1 atom stereocenters. The van der Waals surface area contributed by atoms with E-state index in [9.17, 15) is 9.59 Å². The number of nitrogens with one attached hydrogen (secondary N) is 1. The van der Waals surface area contributed by atoms with E-state index in [0.29, 0.717) is 36.8 Å². The molecule has 1 aliphatic rings. The minimum Gasteiger partial charge on any atom is -0.485 e. The fourth-order valence-corrected chi connectivity index (χ4v) is 4.95. The standard InChI is InChI=1S/C31H33N3O5/c1-5-33(6-2)31(36)39-27-12-11-24-23(13-14-34(24)18-22-16-20(3)15-21(4)17-22)29(27)32-30(35)28-19-37-25-9-7-8-10-26(25)38-28/h7-17,28H,5-6,18-19H2,1-4H3,(H,32,35)/t28-/m1/s1. The molecular formula is C31H33N3O5. The van der Waals surface area contributed by atoms with E-state index in [1.165, 1.54) is 16.7 Å². The Kier molecular flexibility index (Phi) is 7.45. The Labute approximate surface area is 228 Å². The first-order valence-corrected chi connectivity index (χ1v) is 13.2. The fraction of sp³-hybridized carbons (Fsp3) is 0.290. The number of nitrogens with zero attached hydrogens (tertiary/aromatic N) is 2. The largest absolute Gasteiger partial charge is 0.485 e. The molecule has 0 saturated heterocycles. The molecule has 39 heavy (non-hydrogen) atoms. The van der Waals surface area contributed by atoms with Crippen molar-refractivity contribution in [1.29, 1.82) is 0 Å². The maximum absolute atomic E-state index is 13.4. The number of anilines is 1. The summed E-state index contributed by atoms with van der Waals surface area (Å²) in [5, 5.41) is 3.74. The summed E-state index contributed by atoms with van der Waals surface area (Å²) in [6.45, 7) is 9.71. The molecular weight excluding hydrogens is 494 g/mol. The molecule has 0 aliphatic carbocycles. The highest BCUT2D eigenvalue weighted by Gasteiger charge is 2.29. The Balaban J connectivity index is 1.48. The molecule has 2 heterocycles. The lowest BCUT2D eigenvalue weighted by atomic mass is 10.1. The predicted octanol–water partition coefficient (Wildman–Crippen LogP) is 5.93. The van der Waals surface area contributed by atoms with Crippen molar-refractivity contribution in [3.05, 3.63) is 83.6 Å². The Hall–Kier alpha value is -4.46. The quantitative estimate of drug-likeness (QED) is 0.322. The topological polar surface area (TPSA) is 82.0 Å². The van der Waals surface area contributed by atoms with Crippen LogP contribution in [0.1, 0.15) is 30.5 Å². The predicted molar refractivity (Wildman–Crippen MR) is 151 cm³/mol. The van der Waals surface area contributed by atoms with Gasteiger partial charge in [0.05, 0.1) is 11.2 Å². The van der Waals surface area contributed by atoms with Crippen LogP contribution in [0.4, 0.5) is 10.5 Å². The number of benzene rings is 3. The number of aryl methyl sites for hydroxylation is 2. The monoisotopic (exact) mass is 527 g/mol. The second-order valence-corrected chi connectivity index (χ2v) is 9.70. The number of ether oxygens (including phenoxy) is 3. The van der Waals surface area contributed by atoms with Crippen molar-refractivity contribution in [3.8, 4) is 17.2 Å². The van der Waals surface area contributed by atoms with Gasteiger partial charge in [0.25, 0.3) is 5.91 Å². The molecule has 2 amide bonds. The number of rotatable bonds is 7. The van der Waals surface area contributed by atoms with Gasteiger partial charge in [-0.05, 0) is 63.6 Å². The van der Waals surface area contributed by atoms with Crippen LogP contribution in [0.5, 0.6) is 17.2 Å². The zero-order valence-corrected chi connectivity index (χ0v) is 22.7. The van der Waals surface area contributed by atoms with Crippen molar-refractivity contribution >= 4 is 28.6 Å². The van der Waals surface area contributed by atoms with Crippen LogP contribution in [0.3, 0.4) is 0 Å². The molecule has 0 saturated carbocycles. The van der Waals surface area contributed by atoms with Gasteiger partial charge in [0, 0.05) is 31.2 Å². The summed E-state index contributed by atoms with van der Waals surface area (Å²) in [5.74, 6) is 0.990. The van der Waals surface area contributed by atoms with Gasteiger partial charge in [0.15, 0.2) is 17.2 Å². The van der Waals surface area contributed by atoms with E-state index in [-0.39, 0.29) is 18.3 Å². The number of para-hydroxylation sites is 2. The molecule has 8 nitrogen and oxygen atoms in total. The van der Waals surface area contributed by atoms with Crippen LogP contribution in [0, 0.1) is 13.8 Å². The van der Waals surface area contributed by atoms with Crippen LogP contribution in [0.2, 0.25) is 0 Å². The number of carbonyl (C=O) groups is 2. The van der Waals surface area contributed by atoms with Gasteiger partial charge < -0.3 is 29.0 Å². The van der Waals surface area contributed by atoms with Crippen LogP contribution in [0.15, 0.2) is 66.9 Å². The Morgan fingerprint density at radius 2 is 1.72 bits per heavy atom. The van der Waals surface area contributed by atoms with E-state index < -0.39 is 12.2 Å². The minimum absolute atomic E-state index is 0.0705. The first-order valence-electron chi connectivity index (χ1n) is 13.2. The average molecular weight is 528 g/mol. The molecule has 202 valence electrons. The Bertz CT molecular complexity index is 1500. The van der Waals surface area contributed by atoms with Crippen LogP contribution >= 0.6 is 0 Å². The number of amides is 2. The van der Waals surface area contributed by atoms with E-state index in [1.54, 1.807) is 23.1 Å². The first kappa shape index (κ1) is 26.2. The smallest absolute Gasteiger partial charge is 0.415 e. The second kappa shape index (κ2) is 11.1. The average Bonchev–Trinajstić information content (AvgIpc) is 3.32. The van der Waals surface area contributed by atoms with Gasteiger partial charge in [-0.15, -0.1) is 0 Å². The highest BCUT2D eigenvalue weighted by molar-refractivity contribution is 6.06. The van der Waals surface area contributed by atoms with E-state index in [4.69, 9.17) is 14.2 Å². The molecule has 1 aromatic heterocycles. The van der Waals surface area contributed by atoms with E-state index in [0.717, 1.165) is 10.9 Å². The molecule has 0 fully saturated rings. The Morgan fingerprint density at radius 3 is 2.44 bits per heavy atom. The molecule has 8 heteroatoms. The molecule has 3 aromatic carbocycles. The zero-order valence-electron chi connectivity index (χ0n) is 22.7. The van der Waals surface area contributed by atoms with Crippen molar-refractivity contribution in [2.45, 2.75) is 40.3 Å². The molecule has 5 rings (SSSR count). The lowest BCUT2D eigenvalue weighted by molar-refractivity contribution is -0.125. The Morgan fingerprint density at radius 1 is 1.00 bits per heavy atom. The van der Waals surface area contributed by atoms with Crippen molar-refractivity contribution in [3.63, 3.8) is 0 Å². The normalized spacial score (nSPS) is 14.2. The molecule has 1 N–H and O–H groups in total. The summed E-state index contributed by atoms with van der Waals surface area (Å²) >= 11 is 0. The highest BCUT2D eigenvalue weighted by atomic mass is 16.6. The summed E-state index contributed by atoms with van der Waals surface area (Å²) < 4.78 is 19.6. The number of hydrogen-bond acceptors (Lipinski definition) is 5. The number of carbonyl (C=O) groups excluding carboxylic acids is 2. The van der Waals surface area contributed by atoms with Gasteiger partial charge in [-0.1, -0.05) is 41.5 Å². The summed E-state index contributed by atoms with van der Waals surface area (Å²) in [4.78, 5) is 27.8. The number of aromatic nitrogens is 1. The molecule has 1 aliphatic heterocycles. The minimum atomic E-state index is -0.862. The summed E-state index contributed by atoms with van der Waals surface area (Å²) in [6, 6.07) is 19.3. The third-order valence-electron chi connectivity index (χ3n) is 6.82. The molecule has 4 aromatic rings. The third kappa shape index (κ3) is 5.55. The van der Waals surface area contributed by atoms with Gasteiger partial charge in [-0.3, -0.25) is 4.79 Å². The second-order valence-electron chi connectivity index (χ2n) is 9.70. The maximum Gasteiger partial charge on any atom is 0.415 e. The molecule has 0 bridgehead atoms. The van der Waals surface area contributed by atoms with E-state index in [2.05, 4.69) is 41.9 Å². The van der Waals surface area contributed by atoms with Crippen LogP contribution in [0.25, 0.3) is 10.9 Å². The maximum atomic E-state index is 13.4. The summed E-state index contributed by atoms with van der Waals surface area (Å²) in [6.07, 6.45) is 0.638. The van der Waals surface area contributed by atoms with Crippen molar-refractivity contribution in [1.82, 2.24) is 9.47 Å². The van der Waals surface area contributed by atoms with Crippen LogP contribution in [-0.4, -0.2) is 47.3 Å². The van der Waals surface area contributed by atoms with Crippen molar-refractivity contribution in [2.75, 3.05) is 25.0 Å². The number of hydrogen-bond donors (Lipinski definition) is 1. The van der Waals surface area contributed by atoms with Gasteiger partial charge in [-0.25, -0.2) is 4.79 Å². The lowest BCUT2D eigenvalue weighted by Gasteiger charge is -2.26. The first-order chi connectivity index (χ1) is 18.9.